The Labute approximate surface area is 181 Å². The number of carbonyl (C=O) groups excluding carboxylic acids is 1. The Bertz CT molecular complexity index is 1220. The molecular weight excluding hydrogens is 428 g/mol. The van der Waals surface area contributed by atoms with Gasteiger partial charge in [0.2, 0.25) is 5.91 Å². The van der Waals surface area contributed by atoms with Crippen molar-refractivity contribution in [2.24, 2.45) is 5.41 Å². The summed E-state index contributed by atoms with van der Waals surface area (Å²) in [5.74, 6) is -1.57. The van der Waals surface area contributed by atoms with Crippen molar-refractivity contribution < 1.29 is 14.7 Å². The fraction of sp³-hybridized carbons (Fsp3) is 0.300. The number of aliphatic carboxylic acids is 1. The molecule has 1 aromatic carbocycles. The minimum absolute atomic E-state index is 0.0785. The maximum atomic E-state index is 12.6. The molecule has 0 saturated carbocycles. The number of benzene rings is 1. The van der Waals surface area contributed by atoms with E-state index in [1.54, 1.807) is 52.0 Å². The third-order valence-corrected chi connectivity index (χ3v) is 5.32. The number of carboxylic acids is 1. The number of nitrogens with one attached hydrogen (secondary N) is 2. The van der Waals surface area contributed by atoms with Crippen LogP contribution in [0, 0.1) is 16.7 Å². The molecule has 2 aromatic rings. The monoisotopic (exact) mass is 448 g/mol. The van der Waals surface area contributed by atoms with Gasteiger partial charge in [-0.3, -0.25) is 14.2 Å². The highest BCUT2D eigenvalue weighted by molar-refractivity contribution is 7.07. The van der Waals surface area contributed by atoms with Gasteiger partial charge in [0.1, 0.15) is 15.3 Å². The minimum Gasteiger partial charge on any atom is -0.477 e. The van der Waals surface area contributed by atoms with Crippen molar-refractivity contribution in [3.05, 3.63) is 42.8 Å². The van der Waals surface area contributed by atoms with E-state index in [2.05, 4.69) is 10.6 Å². The van der Waals surface area contributed by atoms with Gasteiger partial charge in [-0.25, -0.2) is 4.79 Å². The zero-order chi connectivity index (χ0) is 22.6. The summed E-state index contributed by atoms with van der Waals surface area (Å²) in [4.78, 5) is 36.1. The second-order valence-corrected chi connectivity index (χ2v) is 8.80. The highest BCUT2D eigenvalue weighted by Crippen LogP contribution is 2.24. The average Bonchev–Trinajstić information content (AvgIpc) is 2.94. The van der Waals surface area contributed by atoms with Crippen molar-refractivity contribution in [3.8, 4) is 6.07 Å². The Morgan fingerprint density at radius 3 is 2.47 bits per heavy atom. The van der Waals surface area contributed by atoms with Crippen LogP contribution in [-0.2, 0) is 16.1 Å². The van der Waals surface area contributed by atoms with Crippen molar-refractivity contribution in [2.75, 3.05) is 10.6 Å². The first-order valence-corrected chi connectivity index (χ1v) is 10.1. The van der Waals surface area contributed by atoms with E-state index >= 15 is 0 Å². The lowest BCUT2D eigenvalue weighted by Crippen LogP contribution is -2.32. The first-order valence-electron chi connectivity index (χ1n) is 8.94. The number of nitrogens with zero attached hydrogens (tertiary/aromatic N) is 2. The summed E-state index contributed by atoms with van der Waals surface area (Å²) < 4.78 is 1.54. The Kier molecular flexibility index (Phi) is 7.08. The topological polar surface area (TPSA) is 124 Å². The van der Waals surface area contributed by atoms with E-state index < -0.39 is 22.5 Å². The molecule has 0 saturated heterocycles. The van der Waals surface area contributed by atoms with Gasteiger partial charge in [0.25, 0.3) is 5.56 Å². The Hall–Kier alpha value is -3.09. The lowest BCUT2D eigenvalue weighted by molar-refractivity contribution is -0.130. The summed E-state index contributed by atoms with van der Waals surface area (Å²) in [7, 11) is 0. The minimum atomic E-state index is -1.39. The van der Waals surface area contributed by atoms with Gasteiger partial charge >= 0.3 is 5.97 Å². The lowest BCUT2D eigenvalue weighted by atomic mass is 9.95. The number of hydrogen-bond donors (Lipinski definition) is 3. The smallest absolute Gasteiger partial charge is 0.349 e. The van der Waals surface area contributed by atoms with E-state index in [4.69, 9.17) is 16.9 Å². The fourth-order valence-electron chi connectivity index (χ4n) is 2.39. The van der Waals surface area contributed by atoms with E-state index in [0.29, 0.717) is 16.4 Å². The molecule has 0 bridgehead atoms. The SMILES string of the molecule is CCn1c(=O)/c(=C\Nc2cc(Cl)cc(NC(=O)C(C)(C)C)c2)s/c1=C(/C#N)C(=O)O. The van der Waals surface area contributed by atoms with Crippen molar-refractivity contribution in [1.29, 1.82) is 5.26 Å². The van der Waals surface area contributed by atoms with Crippen molar-refractivity contribution >= 4 is 58.0 Å². The molecule has 0 unspecified atom stereocenters. The van der Waals surface area contributed by atoms with Crippen LogP contribution >= 0.6 is 22.9 Å². The van der Waals surface area contributed by atoms with Gasteiger partial charge in [0, 0.05) is 34.6 Å². The van der Waals surface area contributed by atoms with Gasteiger partial charge in [0.15, 0.2) is 5.57 Å². The van der Waals surface area contributed by atoms with Crippen LogP contribution in [0.15, 0.2) is 23.0 Å². The van der Waals surface area contributed by atoms with Gasteiger partial charge in [0.05, 0.1) is 0 Å². The third kappa shape index (κ3) is 5.28. The van der Waals surface area contributed by atoms with Crippen LogP contribution in [0.1, 0.15) is 27.7 Å². The summed E-state index contributed by atoms with van der Waals surface area (Å²) >= 11 is 7.04. The average molecular weight is 449 g/mol. The van der Waals surface area contributed by atoms with Gasteiger partial charge < -0.3 is 15.7 Å². The van der Waals surface area contributed by atoms with Gasteiger partial charge in [-0.1, -0.05) is 32.4 Å². The molecular formula is C20H21ClN4O4S. The maximum Gasteiger partial charge on any atom is 0.349 e. The predicted molar refractivity (Wildman–Crippen MR) is 118 cm³/mol. The fourth-order valence-corrected chi connectivity index (χ4v) is 3.71. The van der Waals surface area contributed by atoms with Crippen molar-refractivity contribution in [3.63, 3.8) is 0 Å². The number of carbonyl (C=O) groups is 2. The molecule has 0 atom stereocenters. The Balaban J connectivity index is 2.48. The van der Waals surface area contributed by atoms with Crippen LogP contribution in [-0.4, -0.2) is 21.6 Å². The number of aromatic nitrogens is 1. The molecule has 0 aliphatic rings. The number of hydrogen-bond acceptors (Lipinski definition) is 6. The van der Waals surface area contributed by atoms with E-state index in [9.17, 15) is 19.5 Å². The number of amides is 1. The molecule has 2 rings (SSSR count). The van der Waals surface area contributed by atoms with E-state index in [0.717, 1.165) is 11.3 Å². The van der Waals surface area contributed by atoms with Crippen LogP contribution < -0.4 is 25.4 Å². The molecule has 1 aromatic heterocycles. The molecule has 3 N–H and O–H groups in total. The quantitative estimate of drug-likeness (QED) is 0.644. The number of anilines is 2. The lowest BCUT2D eigenvalue weighted by Gasteiger charge is -2.18. The van der Waals surface area contributed by atoms with Crippen LogP contribution in [0.25, 0.3) is 11.8 Å². The number of thiazole rings is 1. The van der Waals surface area contributed by atoms with Gasteiger partial charge in [-0.15, -0.1) is 11.3 Å². The molecule has 1 heterocycles. The first kappa shape index (κ1) is 23.2. The van der Waals surface area contributed by atoms with Crippen LogP contribution in [0.4, 0.5) is 11.4 Å². The number of halogens is 1. The molecule has 0 spiro atoms. The highest BCUT2D eigenvalue weighted by atomic mass is 35.5. The van der Waals surface area contributed by atoms with Crippen LogP contribution in [0.2, 0.25) is 5.02 Å². The maximum absolute atomic E-state index is 12.6. The number of rotatable bonds is 5. The summed E-state index contributed by atoms with van der Waals surface area (Å²) in [6.07, 6.45) is 1.42. The summed E-state index contributed by atoms with van der Waals surface area (Å²) in [5.41, 5.74) is -0.482. The second-order valence-electron chi connectivity index (χ2n) is 7.33. The van der Waals surface area contributed by atoms with Gasteiger partial charge in [-0.05, 0) is 25.1 Å². The zero-order valence-corrected chi connectivity index (χ0v) is 18.4. The molecule has 10 heteroatoms. The van der Waals surface area contributed by atoms with Crippen molar-refractivity contribution in [2.45, 2.75) is 34.2 Å². The molecule has 0 radical (unpaired) electrons. The zero-order valence-electron chi connectivity index (χ0n) is 16.9. The van der Waals surface area contributed by atoms with E-state index in [-0.39, 0.29) is 21.6 Å². The normalized spacial score (nSPS) is 12.9. The molecule has 30 heavy (non-hydrogen) atoms. The molecule has 158 valence electrons. The summed E-state index contributed by atoms with van der Waals surface area (Å²) in [6, 6.07) is 6.50. The summed E-state index contributed by atoms with van der Waals surface area (Å²) in [6.45, 7) is 7.27. The molecule has 1 amide bonds. The number of carboxylic acid groups (broad SMARTS) is 1. The van der Waals surface area contributed by atoms with Crippen LogP contribution in [0.5, 0.6) is 0 Å². The second kappa shape index (κ2) is 9.15. The highest BCUT2D eigenvalue weighted by Gasteiger charge is 2.21. The van der Waals surface area contributed by atoms with E-state index in [1.807, 2.05) is 0 Å². The third-order valence-electron chi connectivity index (χ3n) is 3.97. The molecule has 0 aliphatic carbocycles. The van der Waals surface area contributed by atoms with Crippen molar-refractivity contribution in [1.82, 2.24) is 4.57 Å². The molecule has 0 fully saturated rings. The van der Waals surface area contributed by atoms with Gasteiger partial charge in [-0.2, -0.15) is 5.26 Å². The predicted octanol–water partition coefficient (Wildman–Crippen LogP) is 2.18. The standard InChI is InChI=1S/C20H21ClN4O4S/c1-5-25-16(26)15(30-17(25)14(9-22)18(27)28)10-23-12-6-11(21)7-13(8-12)24-19(29)20(2,3)4/h6-8,10,23H,5H2,1-4H3,(H,24,29)(H,27,28)/b15-10+,17-14-. The molecule has 0 aliphatic heterocycles. The first-order chi connectivity index (χ1) is 14.0. The molecule has 8 nitrogen and oxygen atoms in total. The number of nitriles is 1. The Morgan fingerprint density at radius 2 is 1.93 bits per heavy atom. The Morgan fingerprint density at radius 1 is 1.30 bits per heavy atom. The summed E-state index contributed by atoms with van der Waals surface area (Å²) in [5, 5.41) is 24.4. The largest absolute Gasteiger partial charge is 0.477 e. The van der Waals surface area contributed by atoms with Crippen LogP contribution in [0.3, 0.4) is 0 Å². The van der Waals surface area contributed by atoms with E-state index in [1.165, 1.54) is 10.8 Å².